The molecular weight excluding hydrogens is 280 g/mol. The first-order valence-electron chi connectivity index (χ1n) is 5.56. The molecule has 0 aliphatic carbocycles. The number of aromatic amines is 1. The molecule has 96 valence electrons. The van der Waals surface area contributed by atoms with E-state index in [9.17, 15) is 0 Å². The molecule has 0 bridgehead atoms. The van der Waals surface area contributed by atoms with E-state index in [-0.39, 0.29) is 0 Å². The van der Waals surface area contributed by atoms with Crippen molar-refractivity contribution in [2.24, 2.45) is 5.10 Å². The molecule has 5 nitrogen and oxygen atoms in total. The highest BCUT2D eigenvalue weighted by Gasteiger charge is 2.08. The number of hydrogen-bond donors (Lipinski definition) is 1. The fraction of sp³-hybridized carbons (Fsp3) is 0.0833. The summed E-state index contributed by atoms with van der Waals surface area (Å²) in [5, 5.41) is 13.2. The second kappa shape index (κ2) is 4.94. The lowest BCUT2D eigenvalue weighted by molar-refractivity contribution is 0.527. The van der Waals surface area contributed by atoms with Gasteiger partial charge < -0.3 is 4.42 Å². The molecule has 0 fully saturated rings. The van der Waals surface area contributed by atoms with Crippen molar-refractivity contribution < 1.29 is 4.42 Å². The lowest BCUT2D eigenvalue weighted by Gasteiger charge is -1.96. The lowest BCUT2D eigenvalue weighted by Crippen LogP contribution is -1.93. The fourth-order valence-corrected chi connectivity index (χ4v) is 2.48. The summed E-state index contributed by atoms with van der Waals surface area (Å²) < 4.78 is 7.46. The van der Waals surface area contributed by atoms with Gasteiger partial charge in [-0.05, 0) is 42.7 Å². The summed E-state index contributed by atoms with van der Waals surface area (Å²) in [5.74, 6) is 2.22. The van der Waals surface area contributed by atoms with Crippen LogP contribution in [0.25, 0.3) is 10.7 Å². The van der Waals surface area contributed by atoms with Gasteiger partial charge in [-0.15, -0.1) is 11.3 Å². The zero-order chi connectivity index (χ0) is 13.2. The third-order valence-electron chi connectivity index (χ3n) is 2.45. The molecule has 0 unspecified atom stereocenters. The van der Waals surface area contributed by atoms with E-state index < -0.39 is 0 Å². The third kappa shape index (κ3) is 2.42. The Labute approximate surface area is 118 Å². The van der Waals surface area contributed by atoms with E-state index in [0.29, 0.717) is 16.4 Å². The van der Waals surface area contributed by atoms with E-state index in [2.05, 4.69) is 15.3 Å². The molecular formula is C12H10N4OS2. The molecule has 0 atom stereocenters. The smallest absolute Gasteiger partial charge is 0.216 e. The summed E-state index contributed by atoms with van der Waals surface area (Å²) in [6, 6.07) is 7.67. The lowest BCUT2D eigenvalue weighted by atomic mass is 10.4. The summed E-state index contributed by atoms with van der Waals surface area (Å²) in [7, 11) is 0. The molecule has 0 aromatic carbocycles. The van der Waals surface area contributed by atoms with Gasteiger partial charge in [0, 0.05) is 0 Å². The monoisotopic (exact) mass is 290 g/mol. The number of nitrogens with zero attached hydrogens (tertiary/aromatic N) is 3. The zero-order valence-electron chi connectivity index (χ0n) is 10.0. The highest BCUT2D eigenvalue weighted by atomic mass is 32.1. The number of hydrogen-bond acceptors (Lipinski definition) is 5. The number of aryl methyl sites for hydroxylation is 1. The van der Waals surface area contributed by atoms with E-state index in [1.807, 2.05) is 36.6 Å². The van der Waals surface area contributed by atoms with Crippen molar-refractivity contribution in [2.75, 3.05) is 0 Å². The van der Waals surface area contributed by atoms with Gasteiger partial charge >= 0.3 is 0 Å². The summed E-state index contributed by atoms with van der Waals surface area (Å²) in [4.78, 5) is 1.00. The van der Waals surface area contributed by atoms with Crippen LogP contribution in [-0.4, -0.2) is 21.1 Å². The second-order valence-corrected chi connectivity index (χ2v) is 5.17. The van der Waals surface area contributed by atoms with Crippen LogP contribution in [0, 0.1) is 11.7 Å². The Morgan fingerprint density at radius 3 is 3.05 bits per heavy atom. The topological polar surface area (TPSA) is 59.1 Å². The second-order valence-electron chi connectivity index (χ2n) is 3.83. The molecule has 7 heteroatoms. The van der Waals surface area contributed by atoms with Crippen LogP contribution in [0.2, 0.25) is 0 Å². The molecule has 3 aromatic rings. The van der Waals surface area contributed by atoms with Crippen molar-refractivity contribution in [3.8, 4) is 10.7 Å². The summed E-state index contributed by atoms with van der Waals surface area (Å²) >= 11 is 6.75. The van der Waals surface area contributed by atoms with Crippen LogP contribution >= 0.6 is 23.6 Å². The van der Waals surface area contributed by atoms with Crippen LogP contribution in [0.15, 0.2) is 39.2 Å². The number of furan rings is 1. The Morgan fingerprint density at radius 2 is 2.37 bits per heavy atom. The molecule has 19 heavy (non-hydrogen) atoms. The predicted octanol–water partition coefficient (Wildman–Crippen LogP) is 3.45. The minimum absolute atomic E-state index is 0.447. The SMILES string of the molecule is Cc1ccc(/C=N\n2c(-c3cccs3)n[nH]c2=S)o1. The van der Waals surface area contributed by atoms with Crippen molar-refractivity contribution >= 4 is 29.8 Å². The van der Waals surface area contributed by atoms with E-state index in [1.54, 1.807) is 22.2 Å². The molecule has 0 spiro atoms. The summed E-state index contributed by atoms with van der Waals surface area (Å²) in [6.07, 6.45) is 1.62. The Hall–Kier alpha value is -1.99. The van der Waals surface area contributed by atoms with Gasteiger partial charge in [-0.25, -0.2) is 5.10 Å². The van der Waals surface area contributed by atoms with Crippen molar-refractivity contribution in [2.45, 2.75) is 6.92 Å². The van der Waals surface area contributed by atoms with Gasteiger partial charge in [0.25, 0.3) is 0 Å². The van der Waals surface area contributed by atoms with Gasteiger partial charge in [0.1, 0.15) is 11.5 Å². The van der Waals surface area contributed by atoms with E-state index >= 15 is 0 Å². The van der Waals surface area contributed by atoms with E-state index in [1.165, 1.54) is 0 Å². The number of nitrogens with one attached hydrogen (secondary N) is 1. The predicted molar refractivity (Wildman–Crippen MR) is 77.2 cm³/mol. The molecule has 0 saturated carbocycles. The number of rotatable bonds is 3. The van der Waals surface area contributed by atoms with Gasteiger partial charge in [0.15, 0.2) is 5.82 Å². The Morgan fingerprint density at radius 1 is 1.47 bits per heavy atom. The van der Waals surface area contributed by atoms with Crippen molar-refractivity contribution in [3.05, 3.63) is 45.9 Å². The van der Waals surface area contributed by atoms with E-state index in [4.69, 9.17) is 16.6 Å². The third-order valence-corrected chi connectivity index (χ3v) is 3.58. The van der Waals surface area contributed by atoms with Crippen LogP contribution in [0.3, 0.4) is 0 Å². The van der Waals surface area contributed by atoms with Crippen molar-refractivity contribution in [1.29, 1.82) is 0 Å². The number of aromatic nitrogens is 3. The Bertz CT molecular complexity index is 764. The molecule has 0 radical (unpaired) electrons. The average molecular weight is 290 g/mol. The van der Waals surface area contributed by atoms with Crippen LogP contribution in [-0.2, 0) is 0 Å². The minimum atomic E-state index is 0.447. The Balaban J connectivity index is 1.99. The fourth-order valence-electron chi connectivity index (χ4n) is 1.60. The first kappa shape index (κ1) is 12.1. The first-order chi connectivity index (χ1) is 9.24. The van der Waals surface area contributed by atoms with Gasteiger partial charge in [0.05, 0.1) is 11.1 Å². The molecule has 0 saturated heterocycles. The zero-order valence-corrected chi connectivity index (χ0v) is 11.7. The standard InChI is InChI=1S/C12H10N4OS2/c1-8-4-5-9(17-8)7-13-16-11(14-15-12(16)18)10-3-2-6-19-10/h2-7H,1H3,(H,15,18)/b13-7-. The molecule has 3 aromatic heterocycles. The first-order valence-corrected chi connectivity index (χ1v) is 6.85. The summed E-state index contributed by atoms with van der Waals surface area (Å²) in [6.45, 7) is 1.89. The van der Waals surface area contributed by atoms with E-state index in [0.717, 1.165) is 10.6 Å². The molecule has 0 amide bonds. The van der Waals surface area contributed by atoms with Crippen LogP contribution < -0.4 is 0 Å². The van der Waals surface area contributed by atoms with Gasteiger partial charge in [0.2, 0.25) is 4.77 Å². The molecule has 0 aliphatic rings. The minimum Gasteiger partial charge on any atom is -0.460 e. The van der Waals surface area contributed by atoms with Crippen molar-refractivity contribution in [3.63, 3.8) is 0 Å². The average Bonchev–Trinajstić information content (AvgIpc) is 3.08. The highest BCUT2D eigenvalue weighted by Crippen LogP contribution is 2.22. The number of thiophene rings is 1. The highest BCUT2D eigenvalue weighted by molar-refractivity contribution is 7.71. The van der Waals surface area contributed by atoms with Gasteiger partial charge in [-0.3, -0.25) is 0 Å². The van der Waals surface area contributed by atoms with Gasteiger partial charge in [-0.1, -0.05) is 6.07 Å². The van der Waals surface area contributed by atoms with Crippen molar-refractivity contribution in [1.82, 2.24) is 14.9 Å². The van der Waals surface area contributed by atoms with Crippen LogP contribution in [0.1, 0.15) is 11.5 Å². The van der Waals surface area contributed by atoms with Crippen LogP contribution in [0.4, 0.5) is 0 Å². The summed E-state index contributed by atoms with van der Waals surface area (Å²) in [5.41, 5.74) is 0. The normalized spacial score (nSPS) is 11.4. The van der Waals surface area contributed by atoms with Crippen LogP contribution in [0.5, 0.6) is 0 Å². The maximum atomic E-state index is 5.43. The maximum Gasteiger partial charge on any atom is 0.216 e. The largest absolute Gasteiger partial charge is 0.460 e. The molecule has 0 aliphatic heterocycles. The quantitative estimate of drug-likeness (QED) is 0.593. The van der Waals surface area contributed by atoms with Gasteiger partial charge in [-0.2, -0.15) is 14.9 Å². The molecule has 3 rings (SSSR count). The Kier molecular flexibility index (Phi) is 3.14. The molecule has 1 N–H and O–H groups in total. The molecule has 3 heterocycles. The number of H-pyrrole nitrogens is 1. The maximum absolute atomic E-state index is 5.43.